The van der Waals surface area contributed by atoms with Crippen molar-refractivity contribution in [1.29, 1.82) is 5.26 Å². The van der Waals surface area contributed by atoms with Crippen LogP contribution in [0.4, 0.5) is 5.69 Å². The van der Waals surface area contributed by atoms with E-state index in [-0.39, 0.29) is 41.9 Å². The first-order valence-electron chi connectivity index (χ1n) is 3.55. The molecule has 0 atom stereocenters. The predicted molar refractivity (Wildman–Crippen MR) is 52.5 cm³/mol. The summed E-state index contributed by atoms with van der Waals surface area (Å²) >= 11 is 0. The van der Waals surface area contributed by atoms with Crippen LogP contribution in [0.1, 0.15) is 6.42 Å². The second-order valence-electron chi connectivity index (χ2n) is 2.25. The molecule has 0 spiro atoms. The van der Waals surface area contributed by atoms with Gasteiger partial charge in [0.05, 0.1) is 6.07 Å². The van der Waals surface area contributed by atoms with E-state index in [4.69, 9.17) is 5.26 Å². The first-order chi connectivity index (χ1) is 5.83. The number of carbonyl (C=O) groups excluding carboxylic acids is 1. The van der Waals surface area contributed by atoms with Gasteiger partial charge in [-0.3, -0.25) is 4.79 Å². The monoisotopic (exact) mass is 184 g/mol. The van der Waals surface area contributed by atoms with Gasteiger partial charge in [-0.1, -0.05) is 18.2 Å². The van der Waals surface area contributed by atoms with E-state index < -0.39 is 0 Å². The van der Waals surface area contributed by atoms with E-state index in [1.54, 1.807) is 18.2 Å². The van der Waals surface area contributed by atoms with Gasteiger partial charge in [0, 0.05) is 5.69 Å². The van der Waals surface area contributed by atoms with E-state index in [9.17, 15) is 4.79 Å². The second-order valence-corrected chi connectivity index (χ2v) is 2.25. The molecule has 0 radical (unpaired) electrons. The topological polar surface area (TPSA) is 52.9 Å². The summed E-state index contributed by atoms with van der Waals surface area (Å²) < 4.78 is 0. The molecule has 0 aliphatic carbocycles. The van der Waals surface area contributed by atoms with Gasteiger partial charge in [-0.2, -0.15) is 5.26 Å². The van der Waals surface area contributed by atoms with Crippen LogP contribution in [0.25, 0.3) is 0 Å². The number of nitrogens with one attached hydrogen (secondary N) is 1. The van der Waals surface area contributed by atoms with Gasteiger partial charge < -0.3 is 5.32 Å². The van der Waals surface area contributed by atoms with E-state index in [0.717, 1.165) is 5.69 Å². The number of carbonyl (C=O) groups is 1. The molecule has 1 aromatic carbocycles. The Morgan fingerprint density at radius 3 is 2.54 bits per heavy atom. The Morgan fingerprint density at radius 2 is 2.00 bits per heavy atom. The van der Waals surface area contributed by atoms with Crippen molar-refractivity contribution in [2.45, 2.75) is 6.42 Å². The van der Waals surface area contributed by atoms with Gasteiger partial charge in [0.2, 0.25) is 5.91 Å². The van der Waals surface area contributed by atoms with Crippen LogP contribution in [0.5, 0.6) is 0 Å². The summed E-state index contributed by atoms with van der Waals surface area (Å²) in [7, 11) is 0. The molecule has 4 heteroatoms. The molecule has 0 fully saturated rings. The molecule has 0 saturated heterocycles. The van der Waals surface area contributed by atoms with E-state index >= 15 is 0 Å². The van der Waals surface area contributed by atoms with Crippen molar-refractivity contribution in [1.82, 2.24) is 0 Å². The molecule has 3 nitrogen and oxygen atoms in total. The van der Waals surface area contributed by atoms with E-state index in [1.807, 2.05) is 18.2 Å². The number of nitrogens with zero attached hydrogens (tertiary/aromatic N) is 1. The molecule has 0 heterocycles. The SMILES string of the molecule is N#CCC(=O)Nc1ccccc1.[NaH]. The Kier molecular flexibility index (Phi) is 6.25. The molecule has 0 saturated carbocycles. The summed E-state index contributed by atoms with van der Waals surface area (Å²) in [5, 5.41) is 10.8. The number of rotatable bonds is 2. The summed E-state index contributed by atoms with van der Waals surface area (Å²) in [4.78, 5) is 10.9. The third kappa shape index (κ3) is 4.69. The number of nitriles is 1. The minimum absolute atomic E-state index is 0. The Hall–Kier alpha value is -0.820. The average molecular weight is 184 g/mol. The van der Waals surface area contributed by atoms with Crippen LogP contribution in [-0.2, 0) is 4.79 Å². The summed E-state index contributed by atoms with van der Waals surface area (Å²) in [6.07, 6.45) is -0.102. The van der Waals surface area contributed by atoms with Crippen molar-refractivity contribution >= 4 is 41.2 Å². The molecule has 0 aliphatic rings. The van der Waals surface area contributed by atoms with Crippen LogP contribution in [0.3, 0.4) is 0 Å². The van der Waals surface area contributed by atoms with Crippen LogP contribution in [0, 0.1) is 11.3 Å². The zero-order chi connectivity index (χ0) is 8.81. The summed E-state index contributed by atoms with van der Waals surface area (Å²) in [6, 6.07) is 10.8. The Balaban J connectivity index is 0.00000144. The maximum atomic E-state index is 10.9. The standard InChI is InChI=1S/C9H8N2O.Na.H/c10-7-6-9(12)11-8-4-2-1-3-5-8;;/h1-5H,6H2,(H,11,12);;. The molecule has 0 aromatic heterocycles. The fourth-order valence-corrected chi connectivity index (χ4v) is 0.798. The van der Waals surface area contributed by atoms with Crippen molar-refractivity contribution in [3.8, 4) is 6.07 Å². The van der Waals surface area contributed by atoms with Gasteiger partial charge in [-0.15, -0.1) is 0 Å². The Morgan fingerprint density at radius 1 is 1.38 bits per heavy atom. The first-order valence-corrected chi connectivity index (χ1v) is 3.55. The molecule has 1 N–H and O–H groups in total. The molecular weight excluding hydrogens is 175 g/mol. The zero-order valence-electron chi connectivity index (χ0n) is 6.45. The predicted octanol–water partition coefficient (Wildman–Crippen LogP) is 0.890. The van der Waals surface area contributed by atoms with Crippen LogP contribution in [-0.4, -0.2) is 35.5 Å². The quantitative estimate of drug-likeness (QED) is 0.694. The number of benzene rings is 1. The maximum absolute atomic E-state index is 10.9. The van der Waals surface area contributed by atoms with Gasteiger partial charge >= 0.3 is 29.6 Å². The van der Waals surface area contributed by atoms with Crippen molar-refractivity contribution in [2.75, 3.05) is 5.32 Å². The van der Waals surface area contributed by atoms with Crippen molar-refractivity contribution in [3.63, 3.8) is 0 Å². The molecule has 13 heavy (non-hydrogen) atoms. The van der Waals surface area contributed by atoms with E-state index in [1.165, 1.54) is 0 Å². The number of hydrogen-bond acceptors (Lipinski definition) is 2. The van der Waals surface area contributed by atoms with Crippen LogP contribution >= 0.6 is 0 Å². The average Bonchev–Trinajstić information content (AvgIpc) is 2.06. The van der Waals surface area contributed by atoms with Gasteiger partial charge in [0.15, 0.2) is 0 Å². The molecular formula is C9H9N2NaO. The normalized spacial score (nSPS) is 7.92. The van der Waals surface area contributed by atoms with Gasteiger partial charge in [0.1, 0.15) is 6.42 Å². The third-order valence-electron chi connectivity index (χ3n) is 1.30. The molecule has 1 rings (SSSR count). The van der Waals surface area contributed by atoms with Gasteiger partial charge in [-0.05, 0) is 12.1 Å². The summed E-state index contributed by atoms with van der Waals surface area (Å²) in [5.41, 5.74) is 0.720. The second kappa shape index (κ2) is 6.67. The molecule has 0 aliphatic heterocycles. The van der Waals surface area contributed by atoms with E-state index in [0.29, 0.717) is 0 Å². The number of para-hydroxylation sites is 1. The molecule has 0 bridgehead atoms. The number of amides is 1. The fraction of sp³-hybridized carbons (Fsp3) is 0.111. The van der Waals surface area contributed by atoms with Crippen molar-refractivity contribution in [2.24, 2.45) is 0 Å². The van der Waals surface area contributed by atoms with E-state index in [2.05, 4.69) is 5.32 Å². The van der Waals surface area contributed by atoms with Gasteiger partial charge in [-0.25, -0.2) is 0 Å². The Labute approximate surface area is 99.0 Å². The van der Waals surface area contributed by atoms with Crippen LogP contribution < -0.4 is 5.32 Å². The molecule has 1 amide bonds. The molecule has 1 aromatic rings. The summed E-state index contributed by atoms with van der Waals surface area (Å²) in [6.45, 7) is 0. The summed E-state index contributed by atoms with van der Waals surface area (Å²) in [5.74, 6) is -0.274. The molecule has 0 unspecified atom stereocenters. The third-order valence-corrected chi connectivity index (χ3v) is 1.30. The number of hydrogen-bond donors (Lipinski definition) is 1. The number of anilines is 1. The fourth-order valence-electron chi connectivity index (χ4n) is 0.798. The Bertz CT molecular complexity index is 305. The van der Waals surface area contributed by atoms with Crippen molar-refractivity contribution in [3.05, 3.63) is 30.3 Å². The van der Waals surface area contributed by atoms with Crippen LogP contribution in [0.2, 0.25) is 0 Å². The van der Waals surface area contributed by atoms with Crippen LogP contribution in [0.15, 0.2) is 30.3 Å². The van der Waals surface area contributed by atoms with Gasteiger partial charge in [0.25, 0.3) is 0 Å². The zero-order valence-corrected chi connectivity index (χ0v) is 6.45. The first kappa shape index (κ1) is 12.2. The minimum atomic E-state index is -0.274. The molecule has 62 valence electrons. The van der Waals surface area contributed by atoms with Crippen molar-refractivity contribution < 1.29 is 4.79 Å².